The second-order valence-corrected chi connectivity index (χ2v) is 8.22. The number of aryl methyl sites for hydroxylation is 1. The summed E-state index contributed by atoms with van der Waals surface area (Å²) in [5.74, 6) is 1.11. The van der Waals surface area contributed by atoms with Gasteiger partial charge in [0.05, 0.1) is 11.8 Å². The summed E-state index contributed by atoms with van der Waals surface area (Å²) in [7, 11) is 0. The minimum absolute atomic E-state index is 0.0537. The zero-order valence-corrected chi connectivity index (χ0v) is 16.5. The Kier molecular flexibility index (Phi) is 4.68. The van der Waals surface area contributed by atoms with Crippen LogP contribution in [0.2, 0.25) is 0 Å². The molecule has 2 fully saturated rings. The molecule has 2 atom stereocenters. The van der Waals surface area contributed by atoms with Crippen LogP contribution in [-0.4, -0.2) is 29.0 Å². The Bertz CT molecular complexity index is 1010. The van der Waals surface area contributed by atoms with E-state index < -0.39 is 0 Å². The Morgan fingerprint density at radius 3 is 2.55 bits per heavy atom. The minimum atomic E-state index is -0.0537. The van der Waals surface area contributed by atoms with E-state index in [2.05, 4.69) is 22.5 Å². The fourth-order valence-electron chi connectivity index (χ4n) is 4.56. The fraction of sp³-hybridized carbons (Fsp3) is 0.333. The molecule has 3 heterocycles. The molecule has 148 valence electrons. The van der Waals surface area contributed by atoms with Gasteiger partial charge in [0, 0.05) is 29.3 Å². The number of amides is 1. The summed E-state index contributed by atoms with van der Waals surface area (Å²) >= 11 is 0. The lowest BCUT2D eigenvalue weighted by Gasteiger charge is -2.29. The van der Waals surface area contributed by atoms with E-state index in [0.717, 1.165) is 24.0 Å². The van der Waals surface area contributed by atoms with Crippen LogP contribution in [0.5, 0.6) is 0 Å². The molecule has 5 rings (SSSR count). The first-order chi connectivity index (χ1) is 14.2. The summed E-state index contributed by atoms with van der Waals surface area (Å²) in [5, 5.41) is 6.86. The van der Waals surface area contributed by atoms with E-state index in [0.29, 0.717) is 29.3 Å². The van der Waals surface area contributed by atoms with Crippen molar-refractivity contribution in [2.24, 2.45) is 0 Å². The quantitative estimate of drug-likeness (QED) is 0.699. The van der Waals surface area contributed by atoms with Crippen LogP contribution < -0.4 is 10.6 Å². The fourth-order valence-corrected chi connectivity index (χ4v) is 4.56. The molecule has 0 aliphatic carbocycles. The van der Waals surface area contributed by atoms with Crippen molar-refractivity contribution in [2.75, 3.05) is 0 Å². The number of oxazole rings is 1. The molecule has 0 radical (unpaired) electrons. The number of aromatic nitrogens is 1. The van der Waals surface area contributed by atoms with Gasteiger partial charge in [0.25, 0.3) is 5.91 Å². The van der Waals surface area contributed by atoms with Crippen molar-refractivity contribution < 1.29 is 9.21 Å². The second-order valence-electron chi connectivity index (χ2n) is 8.22. The topological polar surface area (TPSA) is 67.2 Å². The zero-order chi connectivity index (χ0) is 19.8. The third kappa shape index (κ3) is 3.70. The number of hydrogen-bond acceptors (Lipinski definition) is 4. The number of hydrogen-bond donors (Lipinski definition) is 2. The number of nitrogens with one attached hydrogen (secondary N) is 2. The number of rotatable bonds is 4. The van der Waals surface area contributed by atoms with E-state index in [1.54, 1.807) is 6.20 Å². The van der Waals surface area contributed by atoms with E-state index >= 15 is 0 Å². The van der Waals surface area contributed by atoms with E-state index in [9.17, 15) is 4.79 Å². The maximum atomic E-state index is 13.1. The van der Waals surface area contributed by atoms with Crippen LogP contribution in [0.25, 0.3) is 22.8 Å². The molecule has 2 bridgehead atoms. The summed E-state index contributed by atoms with van der Waals surface area (Å²) < 4.78 is 6.02. The van der Waals surface area contributed by atoms with Crippen molar-refractivity contribution in [1.82, 2.24) is 15.6 Å². The molecule has 2 aromatic carbocycles. The van der Waals surface area contributed by atoms with Gasteiger partial charge in [0.1, 0.15) is 0 Å². The molecule has 0 spiro atoms. The number of benzene rings is 2. The predicted molar refractivity (Wildman–Crippen MR) is 113 cm³/mol. The Morgan fingerprint density at radius 1 is 1.07 bits per heavy atom. The number of piperidine rings is 1. The highest BCUT2D eigenvalue weighted by molar-refractivity contribution is 6.00. The summed E-state index contributed by atoms with van der Waals surface area (Å²) in [5.41, 5.74) is 3.50. The molecule has 2 saturated heterocycles. The molecule has 2 N–H and O–H groups in total. The van der Waals surface area contributed by atoms with Crippen molar-refractivity contribution in [2.45, 2.75) is 50.7 Å². The lowest BCUT2D eigenvalue weighted by atomic mass is 9.98. The lowest BCUT2D eigenvalue weighted by molar-refractivity contribution is 0.0924. The van der Waals surface area contributed by atoms with Crippen molar-refractivity contribution in [3.8, 4) is 22.8 Å². The van der Waals surface area contributed by atoms with Crippen LogP contribution in [0.3, 0.4) is 0 Å². The highest BCUT2D eigenvalue weighted by atomic mass is 16.4. The Morgan fingerprint density at radius 2 is 1.79 bits per heavy atom. The summed E-state index contributed by atoms with van der Waals surface area (Å²) in [6, 6.07) is 17.0. The van der Waals surface area contributed by atoms with Crippen LogP contribution in [-0.2, 0) is 0 Å². The van der Waals surface area contributed by atoms with Crippen molar-refractivity contribution in [3.63, 3.8) is 0 Å². The van der Waals surface area contributed by atoms with Crippen LogP contribution in [0.1, 0.15) is 41.6 Å². The van der Waals surface area contributed by atoms with Crippen LogP contribution in [0, 0.1) is 6.92 Å². The predicted octanol–water partition coefficient (Wildman–Crippen LogP) is 4.33. The third-order valence-electron chi connectivity index (χ3n) is 6.05. The second kappa shape index (κ2) is 7.48. The maximum Gasteiger partial charge on any atom is 0.252 e. The van der Waals surface area contributed by atoms with Crippen molar-refractivity contribution >= 4 is 5.91 Å². The van der Waals surface area contributed by atoms with Gasteiger partial charge in [-0.2, -0.15) is 0 Å². The average molecular weight is 387 g/mol. The minimum Gasteiger partial charge on any atom is -0.436 e. The Labute approximate surface area is 170 Å². The average Bonchev–Trinajstić information content (AvgIpc) is 3.35. The highest BCUT2D eigenvalue weighted by Crippen LogP contribution is 2.30. The zero-order valence-electron chi connectivity index (χ0n) is 16.5. The molecule has 29 heavy (non-hydrogen) atoms. The van der Waals surface area contributed by atoms with Crippen molar-refractivity contribution in [3.05, 3.63) is 65.9 Å². The molecule has 2 aliphatic rings. The van der Waals surface area contributed by atoms with Gasteiger partial charge >= 0.3 is 0 Å². The maximum absolute atomic E-state index is 13.1. The molecule has 3 aromatic rings. The number of fused-ring (bicyclic) bond motifs is 2. The normalized spacial score (nSPS) is 23.1. The first-order valence-corrected chi connectivity index (χ1v) is 10.3. The largest absolute Gasteiger partial charge is 0.436 e. The monoisotopic (exact) mass is 387 g/mol. The van der Waals surface area contributed by atoms with Gasteiger partial charge in [-0.15, -0.1) is 0 Å². The van der Waals surface area contributed by atoms with E-state index in [1.807, 2.05) is 48.5 Å². The molecule has 0 saturated carbocycles. The standard InChI is InChI=1S/C24H25N3O2/c1-15-6-8-16(9-7-15)22-14-25-24(29-22)21-5-3-2-4-20(21)23(28)27-19-12-17-10-11-18(13-19)26-17/h2-9,14,17-19,26H,10-13H2,1H3,(H,27,28). The summed E-state index contributed by atoms with van der Waals surface area (Å²) in [6.45, 7) is 2.05. The molecular formula is C24H25N3O2. The van der Waals surface area contributed by atoms with Crippen LogP contribution in [0.15, 0.2) is 59.1 Å². The van der Waals surface area contributed by atoms with E-state index in [-0.39, 0.29) is 11.9 Å². The molecule has 1 amide bonds. The van der Waals surface area contributed by atoms with Crippen LogP contribution in [0.4, 0.5) is 0 Å². The third-order valence-corrected chi connectivity index (χ3v) is 6.05. The number of carbonyl (C=O) groups excluding carboxylic acids is 1. The van der Waals surface area contributed by atoms with Gasteiger partial charge < -0.3 is 15.1 Å². The number of nitrogens with zero attached hydrogens (tertiary/aromatic N) is 1. The van der Waals surface area contributed by atoms with Crippen molar-refractivity contribution in [1.29, 1.82) is 0 Å². The highest BCUT2D eigenvalue weighted by Gasteiger charge is 2.34. The Hall–Kier alpha value is -2.92. The summed E-state index contributed by atoms with van der Waals surface area (Å²) in [6.07, 6.45) is 6.15. The van der Waals surface area contributed by atoms with Gasteiger partial charge in [0.2, 0.25) is 5.89 Å². The van der Waals surface area contributed by atoms with E-state index in [1.165, 1.54) is 18.4 Å². The lowest BCUT2D eigenvalue weighted by Crippen LogP contribution is -2.48. The van der Waals surface area contributed by atoms with Crippen LogP contribution >= 0.6 is 0 Å². The van der Waals surface area contributed by atoms with E-state index in [4.69, 9.17) is 4.42 Å². The molecular weight excluding hydrogens is 362 g/mol. The Balaban J connectivity index is 1.38. The SMILES string of the molecule is Cc1ccc(-c2cnc(-c3ccccc3C(=O)NC3CC4CCC(C3)N4)o2)cc1. The number of carbonyl (C=O) groups is 1. The molecule has 5 nitrogen and oxygen atoms in total. The van der Waals surface area contributed by atoms with Gasteiger partial charge in [-0.25, -0.2) is 4.98 Å². The summed E-state index contributed by atoms with van der Waals surface area (Å²) in [4.78, 5) is 17.5. The first-order valence-electron chi connectivity index (χ1n) is 10.3. The molecule has 2 aliphatic heterocycles. The van der Waals surface area contributed by atoms with Gasteiger partial charge in [-0.05, 0) is 44.7 Å². The molecule has 2 unspecified atom stereocenters. The van der Waals surface area contributed by atoms with Gasteiger partial charge in [0.15, 0.2) is 5.76 Å². The molecule has 1 aromatic heterocycles. The van der Waals surface area contributed by atoms with Gasteiger partial charge in [-0.3, -0.25) is 4.79 Å². The smallest absolute Gasteiger partial charge is 0.252 e. The first kappa shape index (κ1) is 18.1. The van der Waals surface area contributed by atoms with Gasteiger partial charge in [-0.1, -0.05) is 42.0 Å². The molecule has 5 heteroatoms.